The van der Waals surface area contributed by atoms with Gasteiger partial charge in [-0.05, 0) is 55.8 Å². The second-order valence-corrected chi connectivity index (χ2v) is 9.55. The van der Waals surface area contributed by atoms with Gasteiger partial charge in [0.25, 0.3) is 11.5 Å². The van der Waals surface area contributed by atoms with E-state index in [1.165, 1.54) is 10.9 Å². The fraction of sp³-hybridized carbons (Fsp3) is 0.125. The summed E-state index contributed by atoms with van der Waals surface area (Å²) >= 11 is 6.57. The van der Waals surface area contributed by atoms with Crippen LogP contribution in [0.25, 0.3) is 22.3 Å². The predicted molar refractivity (Wildman–Crippen MR) is 162 cm³/mol. The molecule has 0 saturated heterocycles. The Morgan fingerprint density at radius 2 is 1.73 bits per heavy atom. The van der Waals surface area contributed by atoms with Gasteiger partial charge in [-0.25, -0.2) is 4.98 Å². The highest BCUT2D eigenvalue weighted by molar-refractivity contribution is 6.32. The van der Waals surface area contributed by atoms with Gasteiger partial charge in [-0.3, -0.25) is 9.59 Å². The zero-order valence-corrected chi connectivity index (χ0v) is 23.3. The van der Waals surface area contributed by atoms with Gasteiger partial charge in [0.2, 0.25) is 0 Å². The van der Waals surface area contributed by atoms with Crippen LogP contribution in [0.15, 0.2) is 101 Å². The summed E-state index contributed by atoms with van der Waals surface area (Å²) in [6, 6.07) is 27.3. The molecule has 0 atom stereocenters. The van der Waals surface area contributed by atoms with Crippen LogP contribution in [-0.2, 0) is 4.79 Å². The fourth-order valence-electron chi connectivity index (χ4n) is 4.17. The van der Waals surface area contributed by atoms with E-state index in [2.05, 4.69) is 10.4 Å². The lowest BCUT2D eigenvalue weighted by Gasteiger charge is -2.14. The molecule has 0 fully saturated rings. The molecule has 41 heavy (non-hydrogen) atoms. The first-order valence-electron chi connectivity index (χ1n) is 13.0. The van der Waals surface area contributed by atoms with Gasteiger partial charge < -0.3 is 14.8 Å². The minimum absolute atomic E-state index is 0.229. The van der Waals surface area contributed by atoms with Crippen molar-refractivity contribution < 1.29 is 14.3 Å². The van der Waals surface area contributed by atoms with Gasteiger partial charge in [-0.15, -0.1) is 0 Å². The van der Waals surface area contributed by atoms with Crippen molar-refractivity contribution >= 4 is 40.3 Å². The van der Waals surface area contributed by atoms with Crippen LogP contribution in [0.4, 0.5) is 5.69 Å². The van der Waals surface area contributed by atoms with E-state index in [0.717, 1.165) is 11.1 Å². The van der Waals surface area contributed by atoms with Crippen LogP contribution in [0.1, 0.15) is 18.1 Å². The average molecular weight is 567 g/mol. The van der Waals surface area contributed by atoms with Crippen LogP contribution in [0.3, 0.4) is 0 Å². The molecule has 1 heterocycles. The number of fused-ring (bicyclic) bond motifs is 1. The molecule has 0 aliphatic heterocycles. The maximum absolute atomic E-state index is 13.4. The Labute approximate surface area is 241 Å². The molecule has 206 valence electrons. The number of halogens is 1. The first-order valence-corrected chi connectivity index (χ1v) is 13.4. The summed E-state index contributed by atoms with van der Waals surface area (Å²) in [7, 11) is 0. The van der Waals surface area contributed by atoms with Gasteiger partial charge in [0.1, 0.15) is 0 Å². The molecule has 4 aromatic carbocycles. The van der Waals surface area contributed by atoms with E-state index >= 15 is 0 Å². The van der Waals surface area contributed by atoms with Gasteiger partial charge in [0.15, 0.2) is 23.9 Å². The fourth-order valence-corrected chi connectivity index (χ4v) is 4.44. The van der Waals surface area contributed by atoms with Crippen molar-refractivity contribution in [2.75, 3.05) is 18.5 Å². The van der Waals surface area contributed by atoms with Crippen LogP contribution >= 0.6 is 11.6 Å². The Kier molecular flexibility index (Phi) is 8.41. The highest BCUT2D eigenvalue weighted by Gasteiger charge is 2.16. The lowest BCUT2D eigenvalue weighted by atomic mass is 10.2. The summed E-state index contributed by atoms with van der Waals surface area (Å²) in [5.41, 5.74) is 3.34. The van der Waals surface area contributed by atoms with Crippen molar-refractivity contribution in [3.05, 3.63) is 117 Å². The molecule has 0 bridgehead atoms. The van der Waals surface area contributed by atoms with Crippen molar-refractivity contribution in [1.29, 1.82) is 0 Å². The molecule has 1 N–H and O–H groups in total. The summed E-state index contributed by atoms with van der Waals surface area (Å²) in [4.78, 5) is 30.6. The van der Waals surface area contributed by atoms with Gasteiger partial charge in [0, 0.05) is 11.3 Å². The van der Waals surface area contributed by atoms with E-state index in [9.17, 15) is 9.59 Å². The number of nitrogens with one attached hydrogen (secondary N) is 1. The second-order valence-electron chi connectivity index (χ2n) is 9.15. The van der Waals surface area contributed by atoms with E-state index in [4.69, 9.17) is 26.1 Å². The Balaban J connectivity index is 1.44. The lowest BCUT2D eigenvalue weighted by Crippen LogP contribution is -2.20. The Hall–Kier alpha value is -4.95. The van der Waals surface area contributed by atoms with Crippen LogP contribution < -0.4 is 20.3 Å². The van der Waals surface area contributed by atoms with Crippen molar-refractivity contribution in [2.24, 2.45) is 5.10 Å². The predicted octanol–water partition coefficient (Wildman–Crippen LogP) is 6.32. The van der Waals surface area contributed by atoms with Crippen LogP contribution in [0, 0.1) is 6.92 Å². The van der Waals surface area contributed by atoms with Crippen LogP contribution in [-0.4, -0.2) is 35.0 Å². The van der Waals surface area contributed by atoms with Crippen molar-refractivity contribution in [2.45, 2.75) is 13.8 Å². The standard InChI is InChI=1S/C32H27ClN4O4/c1-3-40-28-18-22(17-26(33)30(28)41-20-29(38)35-24-15-13-21(2)14-16-24)19-34-37-31(23-9-5-4-6-10-23)36-27-12-8-7-11-25(27)32(37)39/h4-19H,3,20H2,1-2H3,(H,35,38). The minimum atomic E-state index is -0.338. The largest absolute Gasteiger partial charge is 0.490 e. The second kappa shape index (κ2) is 12.5. The molecule has 1 amide bonds. The average Bonchev–Trinajstić information content (AvgIpc) is 2.98. The molecular weight excluding hydrogens is 540 g/mol. The summed E-state index contributed by atoms with van der Waals surface area (Å²) in [6.45, 7) is 3.88. The summed E-state index contributed by atoms with van der Waals surface area (Å²) < 4.78 is 12.8. The molecule has 5 rings (SSSR count). The number of para-hydroxylation sites is 1. The number of anilines is 1. The number of ether oxygens (including phenoxy) is 2. The third kappa shape index (κ3) is 6.45. The number of rotatable bonds is 9. The zero-order chi connectivity index (χ0) is 28.8. The van der Waals surface area contributed by atoms with Crippen LogP contribution in [0.5, 0.6) is 11.5 Å². The molecule has 0 aliphatic rings. The first-order chi connectivity index (χ1) is 19.9. The van der Waals surface area contributed by atoms with Crippen LogP contribution in [0.2, 0.25) is 5.02 Å². The molecule has 0 saturated carbocycles. The molecule has 1 aromatic heterocycles. The monoisotopic (exact) mass is 566 g/mol. The van der Waals surface area contributed by atoms with Crippen molar-refractivity contribution in [3.63, 3.8) is 0 Å². The summed E-state index contributed by atoms with van der Waals surface area (Å²) in [6.07, 6.45) is 1.51. The van der Waals surface area contributed by atoms with E-state index < -0.39 is 0 Å². The van der Waals surface area contributed by atoms with E-state index in [0.29, 0.717) is 40.3 Å². The number of hydrogen-bond donors (Lipinski definition) is 1. The number of amides is 1. The zero-order valence-electron chi connectivity index (χ0n) is 22.5. The number of hydrogen-bond acceptors (Lipinski definition) is 6. The number of aryl methyl sites for hydroxylation is 1. The van der Waals surface area contributed by atoms with Gasteiger partial charge in [0.05, 0.1) is 28.7 Å². The smallest absolute Gasteiger partial charge is 0.282 e. The molecular formula is C32H27ClN4O4. The highest BCUT2D eigenvalue weighted by atomic mass is 35.5. The SMILES string of the molecule is CCOc1cc(C=Nn2c(-c3ccccc3)nc3ccccc3c2=O)cc(Cl)c1OCC(=O)Nc1ccc(C)cc1. The first kappa shape index (κ1) is 27.6. The number of carbonyl (C=O) groups excluding carboxylic acids is 1. The summed E-state index contributed by atoms with van der Waals surface area (Å²) in [5.74, 6) is 0.645. The molecule has 0 unspecified atom stereocenters. The van der Waals surface area contributed by atoms with E-state index in [1.807, 2.05) is 74.5 Å². The Morgan fingerprint density at radius 1 is 1.00 bits per heavy atom. The lowest BCUT2D eigenvalue weighted by molar-refractivity contribution is -0.118. The Bertz CT molecular complexity index is 1780. The summed E-state index contributed by atoms with van der Waals surface area (Å²) in [5, 5.41) is 7.97. The van der Waals surface area contributed by atoms with Gasteiger partial charge in [-0.1, -0.05) is 71.8 Å². The maximum Gasteiger partial charge on any atom is 0.282 e. The third-order valence-corrected chi connectivity index (χ3v) is 6.40. The maximum atomic E-state index is 13.4. The minimum Gasteiger partial charge on any atom is -0.490 e. The normalized spacial score (nSPS) is 11.1. The number of carbonyl (C=O) groups is 1. The molecule has 0 spiro atoms. The Morgan fingerprint density at radius 3 is 2.49 bits per heavy atom. The molecule has 8 nitrogen and oxygen atoms in total. The number of aromatic nitrogens is 2. The molecule has 0 aliphatic carbocycles. The third-order valence-electron chi connectivity index (χ3n) is 6.12. The van der Waals surface area contributed by atoms with Crippen molar-refractivity contribution in [1.82, 2.24) is 9.66 Å². The highest BCUT2D eigenvalue weighted by Crippen LogP contribution is 2.36. The molecule has 0 radical (unpaired) electrons. The van der Waals surface area contributed by atoms with E-state index in [1.54, 1.807) is 30.3 Å². The van der Waals surface area contributed by atoms with E-state index in [-0.39, 0.29) is 28.8 Å². The molecule has 9 heteroatoms. The number of nitrogens with zero attached hydrogens (tertiary/aromatic N) is 3. The van der Waals surface area contributed by atoms with Gasteiger partial charge in [-0.2, -0.15) is 9.78 Å². The van der Waals surface area contributed by atoms with Crippen molar-refractivity contribution in [3.8, 4) is 22.9 Å². The number of benzene rings is 4. The molecule has 5 aromatic rings. The quantitative estimate of drug-likeness (QED) is 0.211. The van der Waals surface area contributed by atoms with Gasteiger partial charge >= 0.3 is 0 Å². The topological polar surface area (TPSA) is 94.8 Å².